The van der Waals surface area contributed by atoms with Crippen LogP contribution in [0.4, 0.5) is 16.2 Å². The molecule has 8 nitrogen and oxygen atoms in total. The minimum absolute atomic E-state index is 0.0213. The Balaban J connectivity index is 1.49. The van der Waals surface area contributed by atoms with Gasteiger partial charge in [0, 0.05) is 40.9 Å². The molecule has 204 valence electrons. The highest BCUT2D eigenvalue weighted by molar-refractivity contribution is 7.99. The standard InChI is InChI=1S/C30H32N2O6S/c1-3-15-36-30(35)32-25-6-4-5-23(16-25)29-37-26(17-28(38-29)22-9-7-21(18-33)8-10-22)19-39-27-13-11-24(12-14-27)31-20(2)34/h3-14,16,26,28-29,33H,1,15,17-19H2,2H3,(H,31,34)(H,32,35)/t26-,28+,29+/m1/s1. The summed E-state index contributed by atoms with van der Waals surface area (Å²) in [6.07, 6.45) is 0.581. The summed E-state index contributed by atoms with van der Waals surface area (Å²) in [6.45, 7) is 5.12. The average Bonchev–Trinajstić information content (AvgIpc) is 2.95. The molecule has 0 saturated carbocycles. The minimum atomic E-state index is -0.653. The van der Waals surface area contributed by atoms with Gasteiger partial charge in [-0.2, -0.15) is 0 Å². The van der Waals surface area contributed by atoms with Crippen LogP contribution in [0, 0.1) is 0 Å². The van der Waals surface area contributed by atoms with Gasteiger partial charge in [-0.3, -0.25) is 10.1 Å². The number of nitrogens with one attached hydrogen (secondary N) is 2. The second-order valence-electron chi connectivity index (χ2n) is 9.00. The monoisotopic (exact) mass is 548 g/mol. The van der Waals surface area contributed by atoms with Crippen molar-refractivity contribution in [1.82, 2.24) is 0 Å². The van der Waals surface area contributed by atoms with Gasteiger partial charge in [-0.15, -0.1) is 11.8 Å². The van der Waals surface area contributed by atoms with Crippen LogP contribution in [0.2, 0.25) is 0 Å². The lowest BCUT2D eigenvalue weighted by atomic mass is 10.0. The molecule has 0 bridgehead atoms. The maximum atomic E-state index is 12.0. The van der Waals surface area contributed by atoms with Crippen LogP contribution in [0.15, 0.2) is 90.3 Å². The first-order chi connectivity index (χ1) is 18.9. The predicted octanol–water partition coefficient (Wildman–Crippen LogP) is 6.21. The molecule has 1 aliphatic heterocycles. The van der Waals surface area contributed by atoms with Crippen LogP contribution in [0.25, 0.3) is 0 Å². The maximum absolute atomic E-state index is 12.0. The zero-order chi connectivity index (χ0) is 27.6. The Morgan fingerprint density at radius 3 is 2.49 bits per heavy atom. The van der Waals surface area contributed by atoms with Gasteiger partial charge in [0.1, 0.15) is 6.61 Å². The van der Waals surface area contributed by atoms with E-state index in [1.807, 2.05) is 66.7 Å². The molecule has 4 rings (SSSR count). The third kappa shape index (κ3) is 8.43. The number of ether oxygens (including phenoxy) is 3. The predicted molar refractivity (Wildman–Crippen MR) is 152 cm³/mol. The third-order valence-electron chi connectivity index (χ3n) is 5.96. The van der Waals surface area contributed by atoms with Crippen molar-refractivity contribution in [2.45, 2.75) is 43.3 Å². The lowest BCUT2D eigenvalue weighted by Crippen LogP contribution is -2.31. The largest absolute Gasteiger partial charge is 0.445 e. The Bertz CT molecular complexity index is 1270. The number of aliphatic hydroxyl groups is 1. The summed E-state index contributed by atoms with van der Waals surface area (Å²) < 4.78 is 17.8. The van der Waals surface area contributed by atoms with E-state index in [4.69, 9.17) is 14.2 Å². The molecular weight excluding hydrogens is 516 g/mol. The van der Waals surface area contributed by atoms with Crippen molar-refractivity contribution >= 4 is 35.1 Å². The average molecular weight is 549 g/mol. The van der Waals surface area contributed by atoms with Gasteiger partial charge >= 0.3 is 6.09 Å². The summed E-state index contributed by atoms with van der Waals surface area (Å²) in [5.74, 6) is 0.583. The van der Waals surface area contributed by atoms with Crippen LogP contribution in [0.5, 0.6) is 0 Å². The van der Waals surface area contributed by atoms with Gasteiger partial charge in [0.2, 0.25) is 5.91 Å². The number of rotatable bonds is 10. The highest BCUT2D eigenvalue weighted by atomic mass is 32.2. The molecule has 2 amide bonds. The number of hydrogen-bond donors (Lipinski definition) is 3. The Kier molecular flexibility index (Phi) is 10.2. The lowest BCUT2D eigenvalue weighted by molar-refractivity contribution is -0.245. The van der Waals surface area contributed by atoms with Crippen molar-refractivity contribution in [3.8, 4) is 0 Å². The summed E-state index contributed by atoms with van der Waals surface area (Å²) in [7, 11) is 0. The summed E-state index contributed by atoms with van der Waals surface area (Å²) >= 11 is 1.67. The van der Waals surface area contributed by atoms with Crippen molar-refractivity contribution < 1.29 is 28.9 Å². The maximum Gasteiger partial charge on any atom is 0.411 e. The van der Waals surface area contributed by atoms with Crippen LogP contribution in [0.3, 0.4) is 0 Å². The van der Waals surface area contributed by atoms with E-state index in [1.165, 1.54) is 13.0 Å². The number of carbonyl (C=O) groups is 2. The van der Waals surface area contributed by atoms with Gasteiger partial charge in [0.05, 0.1) is 18.8 Å². The van der Waals surface area contributed by atoms with Gasteiger partial charge in [-0.1, -0.05) is 49.1 Å². The van der Waals surface area contributed by atoms with Crippen LogP contribution in [-0.2, 0) is 25.6 Å². The van der Waals surface area contributed by atoms with E-state index in [2.05, 4.69) is 17.2 Å². The molecule has 9 heteroatoms. The number of benzene rings is 3. The van der Waals surface area contributed by atoms with Gasteiger partial charge in [0.25, 0.3) is 0 Å². The minimum Gasteiger partial charge on any atom is -0.445 e. The van der Waals surface area contributed by atoms with Gasteiger partial charge in [0.15, 0.2) is 6.29 Å². The van der Waals surface area contributed by atoms with E-state index >= 15 is 0 Å². The smallest absolute Gasteiger partial charge is 0.411 e. The van der Waals surface area contributed by atoms with E-state index < -0.39 is 12.4 Å². The molecule has 0 radical (unpaired) electrons. The quantitative estimate of drug-likeness (QED) is 0.204. The molecule has 0 unspecified atom stereocenters. The van der Waals surface area contributed by atoms with Crippen molar-refractivity contribution in [2.24, 2.45) is 0 Å². The molecule has 0 aliphatic carbocycles. The zero-order valence-electron chi connectivity index (χ0n) is 21.7. The van der Waals surface area contributed by atoms with Crippen LogP contribution in [0.1, 0.15) is 42.4 Å². The molecule has 1 fully saturated rings. The molecular formula is C30H32N2O6S. The van der Waals surface area contributed by atoms with Crippen molar-refractivity contribution in [3.05, 3.63) is 102 Å². The highest BCUT2D eigenvalue weighted by Crippen LogP contribution is 2.40. The van der Waals surface area contributed by atoms with Crippen LogP contribution in [-0.4, -0.2) is 35.6 Å². The van der Waals surface area contributed by atoms with Crippen LogP contribution >= 0.6 is 11.8 Å². The van der Waals surface area contributed by atoms with Crippen molar-refractivity contribution in [3.63, 3.8) is 0 Å². The van der Waals surface area contributed by atoms with E-state index in [9.17, 15) is 14.7 Å². The molecule has 1 aliphatic rings. The molecule has 0 spiro atoms. The summed E-state index contributed by atoms with van der Waals surface area (Å²) in [5, 5.41) is 14.9. The highest BCUT2D eigenvalue weighted by Gasteiger charge is 2.32. The summed E-state index contributed by atoms with van der Waals surface area (Å²) in [4.78, 5) is 24.4. The molecule has 3 aromatic carbocycles. The van der Waals surface area contributed by atoms with E-state index in [0.717, 1.165) is 27.3 Å². The van der Waals surface area contributed by atoms with Crippen molar-refractivity contribution in [1.29, 1.82) is 0 Å². The Morgan fingerprint density at radius 2 is 1.79 bits per heavy atom. The SMILES string of the molecule is C=CCOC(=O)Nc1cccc([C@H]2O[C@@H](CSc3ccc(NC(C)=O)cc3)C[C@@H](c3ccc(CO)cc3)O2)c1. The first-order valence-electron chi connectivity index (χ1n) is 12.6. The fraction of sp³-hybridized carbons (Fsp3) is 0.267. The number of anilines is 2. The molecule has 1 heterocycles. The Labute approximate surface area is 232 Å². The molecule has 3 N–H and O–H groups in total. The summed E-state index contributed by atoms with van der Waals surface area (Å²) in [5.41, 5.74) is 3.91. The Morgan fingerprint density at radius 1 is 1.03 bits per heavy atom. The van der Waals surface area contributed by atoms with Crippen molar-refractivity contribution in [2.75, 3.05) is 23.0 Å². The second kappa shape index (κ2) is 14.0. The number of amides is 2. The Hall–Kier alpha value is -3.63. The molecule has 1 saturated heterocycles. The van der Waals surface area contributed by atoms with E-state index in [1.54, 1.807) is 17.8 Å². The molecule has 3 aromatic rings. The number of thioether (sulfide) groups is 1. The molecule has 3 atom stereocenters. The van der Waals surface area contributed by atoms with Gasteiger partial charge in [-0.25, -0.2) is 4.79 Å². The number of carbonyl (C=O) groups excluding carboxylic acids is 2. The fourth-order valence-corrected chi connectivity index (χ4v) is 5.02. The lowest BCUT2D eigenvalue weighted by Gasteiger charge is -2.36. The van der Waals surface area contributed by atoms with Gasteiger partial charge < -0.3 is 24.6 Å². The topological polar surface area (TPSA) is 106 Å². The molecule has 39 heavy (non-hydrogen) atoms. The molecule has 0 aromatic heterocycles. The number of hydrogen-bond acceptors (Lipinski definition) is 7. The van der Waals surface area contributed by atoms with Crippen LogP contribution < -0.4 is 10.6 Å². The zero-order valence-corrected chi connectivity index (χ0v) is 22.5. The van der Waals surface area contributed by atoms with E-state index in [-0.39, 0.29) is 31.3 Å². The van der Waals surface area contributed by atoms with Gasteiger partial charge in [-0.05, 0) is 47.5 Å². The first kappa shape index (κ1) is 28.4. The first-order valence-corrected chi connectivity index (χ1v) is 13.6. The normalized spacial score (nSPS) is 18.7. The number of aliphatic hydroxyl groups excluding tert-OH is 1. The third-order valence-corrected chi connectivity index (χ3v) is 7.11. The van der Waals surface area contributed by atoms with E-state index in [0.29, 0.717) is 17.9 Å². The fourth-order valence-electron chi connectivity index (χ4n) is 4.10. The second-order valence-corrected chi connectivity index (χ2v) is 10.1. The summed E-state index contributed by atoms with van der Waals surface area (Å²) in [6, 6.07) is 22.7.